The van der Waals surface area contributed by atoms with E-state index in [0.29, 0.717) is 37.4 Å². The summed E-state index contributed by atoms with van der Waals surface area (Å²) in [5.74, 6) is 0.867. The number of unbranched alkanes of at least 4 members (excludes halogenated alkanes) is 1. The molecule has 34 heavy (non-hydrogen) atoms. The van der Waals surface area contributed by atoms with Crippen molar-refractivity contribution in [2.75, 3.05) is 20.0 Å². The van der Waals surface area contributed by atoms with Crippen LogP contribution < -0.4 is 4.74 Å². The molecule has 0 aromatic heterocycles. The van der Waals surface area contributed by atoms with Gasteiger partial charge in [0.05, 0.1) is 35.3 Å². The Balaban J connectivity index is 1.53. The van der Waals surface area contributed by atoms with Crippen LogP contribution in [0.15, 0.2) is 53.0 Å². The SMILES string of the molecule is COC(=O)C1CCC(CC/C=C2\C(=O)C(S(C)=O)=CC2(O)CCCCOc2ccccc2)CC1. The molecule has 0 amide bonds. The van der Waals surface area contributed by atoms with E-state index < -0.39 is 16.4 Å². The molecule has 0 spiro atoms. The first-order valence-corrected chi connectivity index (χ1v) is 13.7. The van der Waals surface area contributed by atoms with Crippen LogP contribution in [0.3, 0.4) is 0 Å². The zero-order valence-corrected chi connectivity index (χ0v) is 21.0. The zero-order chi connectivity index (χ0) is 24.6. The van der Waals surface area contributed by atoms with Gasteiger partial charge in [-0.1, -0.05) is 24.3 Å². The molecule has 6 nitrogen and oxygen atoms in total. The molecule has 7 heteroatoms. The molecule has 0 heterocycles. The van der Waals surface area contributed by atoms with E-state index in [1.807, 2.05) is 36.4 Å². The predicted molar refractivity (Wildman–Crippen MR) is 133 cm³/mol. The number of rotatable bonds is 11. The van der Waals surface area contributed by atoms with Crippen LogP contribution in [0, 0.1) is 11.8 Å². The molecule has 0 radical (unpaired) electrons. The number of para-hydroxylation sites is 1. The second-order valence-corrected chi connectivity index (χ2v) is 10.6. The maximum atomic E-state index is 12.9. The monoisotopic (exact) mass is 488 g/mol. The number of ether oxygens (including phenoxy) is 2. The summed E-state index contributed by atoms with van der Waals surface area (Å²) in [5.41, 5.74) is -1.03. The van der Waals surface area contributed by atoms with E-state index in [4.69, 9.17) is 9.47 Å². The predicted octanol–water partition coefficient (Wildman–Crippen LogP) is 4.50. The number of hydrogen-bond donors (Lipinski definition) is 1. The summed E-state index contributed by atoms with van der Waals surface area (Å²) < 4.78 is 22.7. The fourth-order valence-electron chi connectivity index (χ4n) is 4.90. The summed E-state index contributed by atoms with van der Waals surface area (Å²) in [6.45, 7) is 0.525. The third kappa shape index (κ3) is 6.89. The number of carbonyl (C=O) groups excluding carboxylic acids is 2. The summed E-state index contributed by atoms with van der Waals surface area (Å²) >= 11 is 0. The number of hydrogen-bond acceptors (Lipinski definition) is 6. The first-order valence-electron chi connectivity index (χ1n) is 12.1. The highest BCUT2D eigenvalue weighted by Crippen LogP contribution is 2.38. The van der Waals surface area contributed by atoms with Crippen molar-refractivity contribution in [3.63, 3.8) is 0 Å². The number of ketones is 1. The largest absolute Gasteiger partial charge is 0.494 e. The molecule has 2 unspecified atom stereocenters. The van der Waals surface area contributed by atoms with Gasteiger partial charge in [-0.15, -0.1) is 0 Å². The molecule has 1 N–H and O–H groups in total. The fourth-order valence-corrected chi connectivity index (χ4v) is 5.63. The van der Waals surface area contributed by atoms with Gasteiger partial charge in [0.25, 0.3) is 0 Å². The standard InChI is InChI=1S/C27H36O6S/c1-32-26(29)21-15-13-20(14-16-21)9-8-12-23-25(28)24(34(2)31)19-27(23,30)17-6-7-18-33-22-10-4-3-5-11-22/h3-5,10-12,19-21,30H,6-9,13-18H2,1-2H3/b23-12+. The van der Waals surface area contributed by atoms with Gasteiger partial charge >= 0.3 is 5.97 Å². The lowest BCUT2D eigenvalue weighted by molar-refractivity contribution is -0.146. The number of benzene rings is 1. The molecule has 186 valence electrons. The summed E-state index contributed by atoms with van der Waals surface area (Å²) in [6.07, 6.45) is 11.8. The van der Waals surface area contributed by atoms with E-state index in [1.165, 1.54) is 19.4 Å². The van der Waals surface area contributed by atoms with Crippen molar-refractivity contribution in [3.8, 4) is 5.75 Å². The van der Waals surface area contributed by atoms with E-state index in [2.05, 4.69) is 0 Å². The van der Waals surface area contributed by atoms with Gasteiger partial charge < -0.3 is 14.6 Å². The van der Waals surface area contributed by atoms with Crippen molar-refractivity contribution in [1.29, 1.82) is 0 Å². The summed E-state index contributed by atoms with van der Waals surface area (Å²) in [5, 5.41) is 11.3. The molecule has 0 saturated heterocycles. The number of aliphatic hydroxyl groups is 1. The van der Waals surface area contributed by atoms with Crippen LogP contribution in [0.5, 0.6) is 5.75 Å². The average Bonchev–Trinajstić information content (AvgIpc) is 3.10. The van der Waals surface area contributed by atoms with Gasteiger partial charge in [0, 0.05) is 11.8 Å². The molecule has 1 aromatic carbocycles. The van der Waals surface area contributed by atoms with Crippen LogP contribution in [0.2, 0.25) is 0 Å². The molecule has 0 aliphatic heterocycles. The van der Waals surface area contributed by atoms with Gasteiger partial charge in [0.1, 0.15) is 11.4 Å². The lowest BCUT2D eigenvalue weighted by Gasteiger charge is -2.27. The smallest absolute Gasteiger partial charge is 0.308 e. The lowest BCUT2D eigenvalue weighted by Crippen LogP contribution is -2.28. The summed E-state index contributed by atoms with van der Waals surface area (Å²) in [4.78, 5) is 24.8. The van der Waals surface area contributed by atoms with Crippen LogP contribution in [0.25, 0.3) is 0 Å². The minimum Gasteiger partial charge on any atom is -0.494 e. The molecule has 2 aliphatic carbocycles. The Morgan fingerprint density at radius 3 is 2.53 bits per heavy atom. The van der Waals surface area contributed by atoms with E-state index in [-0.39, 0.29) is 22.6 Å². The van der Waals surface area contributed by atoms with Crippen molar-refractivity contribution in [2.45, 2.75) is 63.4 Å². The van der Waals surface area contributed by atoms with Crippen molar-refractivity contribution >= 4 is 22.6 Å². The highest BCUT2D eigenvalue weighted by atomic mass is 32.2. The summed E-state index contributed by atoms with van der Waals surface area (Å²) in [6, 6.07) is 9.57. The molecule has 2 atom stereocenters. The first-order chi connectivity index (χ1) is 16.3. The Morgan fingerprint density at radius 1 is 1.18 bits per heavy atom. The van der Waals surface area contributed by atoms with Crippen LogP contribution in [-0.4, -0.2) is 46.6 Å². The number of esters is 1. The second kappa shape index (κ2) is 12.5. The van der Waals surface area contributed by atoms with Crippen molar-refractivity contribution < 1.29 is 28.4 Å². The lowest BCUT2D eigenvalue weighted by atomic mass is 9.79. The quantitative estimate of drug-likeness (QED) is 0.280. The third-order valence-electron chi connectivity index (χ3n) is 6.88. The number of allylic oxidation sites excluding steroid dienone is 2. The minimum atomic E-state index is -1.45. The molecular weight excluding hydrogens is 452 g/mol. The van der Waals surface area contributed by atoms with Gasteiger partial charge in [-0.2, -0.15) is 0 Å². The van der Waals surface area contributed by atoms with Crippen LogP contribution in [-0.2, 0) is 25.1 Å². The fraction of sp³-hybridized carbons (Fsp3) is 0.556. The Kier molecular flexibility index (Phi) is 9.65. The van der Waals surface area contributed by atoms with Crippen LogP contribution in [0.1, 0.15) is 57.8 Å². The number of Topliss-reactive ketones (excluding diaryl/α,β-unsaturated/α-hetero) is 1. The van der Waals surface area contributed by atoms with Crippen molar-refractivity contribution in [3.05, 3.63) is 53.0 Å². The normalized spacial score (nSPS) is 26.9. The van der Waals surface area contributed by atoms with E-state index >= 15 is 0 Å². The van der Waals surface area contributed by atoms with Crippen molar-refractivity contribution in [1.82, 2.24) is 0 Å². The summed E-state index contributed by atoms with van der Waals surface area (Å²) in [7, 11) is -0.0164. The second-order valence-electron chi connectivity index (χ2n) is 9.27. The van der Waals surface area contributed by atoms with Crippen LogP contribution in [0.4, 0.5) is 0 Å². The van der Waals surface area contributed by atoms with Crippen molar-refractivity contribution in [2.24, 2.45) is 11.8 Å². The van der Waals surface area contributed by atoms with Gasteiger partial charge in [-0.3, -0.25) is 13.8 Å². The highest BCUT2D eigenvalue weighted by molar-refractivity contribution is 7.89. The topological polar surface area (TPSA) is 89.9 Å². The number of carbonyl (C=O) groups is 2. The molecule has 2 aliphatic rings. The Hall–Kier alpha value is -2.25. The molecule has 0 bridgehead atoms. The third-order valence-corrected chi connectivity index (χ3v) is 7.81. The Morgan fingerprint density at radius 2 is 1.88 bits per heavy atom. The van der Waals surface area contributed by atoms with Gasteiger partial charge in [0.15, 0.2) is 0 Å². The van der Waals surface area contributed by atoms with E-state index in [1.54, 1.807) is 0 Å². The first kappa shape index (κ1) is 26.4. The number of methoxy groups -OCH3 is 1. The maximum absolute atomic E-state index is 12.9. The van der Waals surface area contributed by atoms with Crippen LogP contribution >= 0.6 is 0 Å². The molecular formula is C27H36O6S. The molecule has 1 aromatic rings. The van der Waals surface area contributed by atoms with Gasteiger partial charge in [-0.25, -0.2) is 0 Å². The molecule has 1 fully saturated rings. The molecule has 1 saturated carbocycles. The van der Waals surface area contributed by atoms with E-state index in [9.17, 15) is 18.9 Å². The Labute approximate surface area is 204 Å². The van der Waals surface area contributed by atoms with Gasteiger partial charge in [0.2, 0.25) is 5.78 Å². The maximum Gasteiger partial charge on any atom is 0.308 e. The Bertz CT molecular complexity index is 930. The highest BCUT2D eigenvalue weighted by Gasteiger charge is 2.42. The average molecular weight is 489 g/mol. The minimum absolute atomic E-state index is 0.00160. The van der Waals surface area contributed by atoms with Gasteiger partial charge in [-0.05, 0) is 81.9 Å². The zero-order valence-electron chi connectivity index (χ0n) is 20.2. The molecule has 3 rings (SSSR count). The van der Waals surface area contributed by atoms with E-state index in [0.717, 1.165) is 44.3 Å².